The van der Waals surface area contributed by atoms with Crippen LogP contribution in [0, 0.1) is 0 Å². The second kappa shape index (κ2) is 8.35. The summed E-state index contributed by atoms with van der Waals surface area (Å²) in [6.07, 6.45) is 2.80. The average Bonchev–Trinajstić information content (AvgIpc) is 3.38. The smallest absolute Gasteiger partial charge is 0.358 e. The fourth-order valence-corrected chi connectivity index (χ4v) is 3.35. The van der Waals surface area contributed by atoms with Crippen molar-refractivity contribution < 1.29 is 19.1 Å². The molecule has 1 unspecified atom stereocenters. The van der Waals surface area contributed by atoms with Gasteiger partial charge in [0.25, 0.3) is 0 Å². The maximum absolute atomic E-state index is 12.2. The molecule has 0 saturated carbocycles. The number of aromatic hydroxyl groups is 1. The number of rotatable bonds is 4. The molecule has 1 aromatic heterocycles. The number of hydrogen-bond acceptors (Lipinski definition) is 6. The zero-order valence-electron chi connectivity index (χ0n) is 16.9. The summed E-state index contributed by atoms with van der Waals surface area (Å²) < 4.78 is 10.7. The fourth-order valence-electron chi connectivity index (χ4n) is 3.35. The number of hydrogen-bond donors (Lipinski definition) is 1. The van der Waals surface area contributed by atoms with Gasteiger partial charge in [-0.2, -0.15) is 0 Å². The van der Waals surface area contributed by atoms with Crippen molar-refractivity contribution in [3.8, 4) is 17.4 Å². The van der Waals surface area contributed by atoms with E-state index in [4.69, 9.17) is 9.15 Å². The Morgan fingerprint density at radius 2 is 1.44 bits per heavy atom. The van der Waals surface area contributed by atoms with Crippen LogP contribution in [0.15, 0.2) is 94.3 Å². The van der Waals surface area contributed by atoms with E-state index in [1.807, 2.05) is 84.9 Å². The van der Waals surface area contributed by atoms with E-state index in [2.05, 4.69) is 9.98 Å². The first-order valence-electron chi connectivity index (χ1n) is 10.0. The largest absolute Gasteiger partial charge is 0.479 e. The van der Waals surface area contributed by atoms with Gasteiger partial charge in [0.05, 0.1) is 0 Å². The molecule has 2 heterocycles. The maximum Gasteiger partial charge on any atom is 0.358 e. The molecule has 0 saturated heterocycles. The lowest BCUT2D eigenvalue weighted by Gasteiger charge is -2.05. The second-order valence-corrected chi connectivity index (χ2v) is 7.21. The Hall–Kier alpha value is -4.45. The van der Waals surface area contributed by atoms with Gasteiger partial charge in [-0.1, -0.05) is 72.8 Å². The third kappa shape index (κ3) is 4.06. The maximum atomic E-state index is 12.2. The van der Waals surface area contributed by atoms with Crippen molar-refractivity contribution in [2.24, 2.45) is 4.99 Å². The van der Waals surface area contributed by atoms with E-state index in [9.17, 15) is 9.90 Å². The fraction of sp³-hybridized carbons (Fsp3) is 0.0385. The lowest BCUT2D eigenvalue weighted by molar-refractivity contribution is -0.137. The van der Waals surface area contributed by atoms with Gasteiger partial charge in [0.2, 0.25) is 12.1 Å². The molecule has 156 valence electrons. The van der Waals surface area contributed by atoms with Crippen LogP contribution >= 0.6 is 0 Å². The molecule has 3 aromatic carbocycles. The molecule has 6 heteroatoms. The van der Waals surface area contributed by atoms with Gasteiger partial charge in [-0.15, -0.1) is 0 Å². The van der Waals surface area contributed by atoms with E-state index in [1.165, 1.54) is 0 Å². The van der Waals surface area contributed by atoms with Gasteiger partial charge in [-0.05, 0) is 34.7 Å². The Balaban J connectivity index is 1.40. The molecular formula is C26H18N2O4. The normalized spacial score (nSPS) is 15.2. The summed E-state index contributed by atoms with van der Waals surface area (Å²) in [7, 11) is 0. The lowest BCUT2D eigenvalue weighted by atomic mass is 10.2. The molecule has 1 aliphatic rings. The Kier molecular flexibility index (Phi) is 5.09. The number of oxazole rings is 1. The van der Waals surface area contributed by atoms with Crippen molar-refractivity contribution in [1.29, 1.82) is 0 Å². The zero-order valence-corrected chi connectivity index (χ0v) is 16.9. The van der Waals surface area contributed by atoms with Crippen molar-refractivity contribution in [1.82, 2.24) is 4.98 Å². The van der Waals surface area contributed by atoms with Gasteiger partial charge in [0.15, 0.2) is 0 Å². The number of benzene rings is 3. The summed E-state index contributed by atoms with van der Waals surface area (Å²) in [6, 6.07) is 26.2. The SMILES string of the molecule is O=C1OC(c2ccccc2)N=C1C=c1ccc(=Cc2nc(-c3ccccc3)oc2O)cc1. The molecule has 1 atom stereocenters. The average molecular weight is 422 g/mol. The minimum absolute atomic E-state index is 0.241. The van der Waals surface area contributed by atoms with Crippen molar-refractivity contribution in [3.63, 3.8) is 0 Å². The molecule has 1 aliphatic heterocycles. The quantitative estimate of drug-likeness (QED) is 0.510. The molecule has 0 aliphatic carbocycles. The van der Waals surface area contributed by atoms with Gasteiger partial charge >= 0.3 is 11.9 Å². The third-order valence-corrected chi connectivity index (χ3v) is 4.97. The molecule has 32 heavy (non-hydrogen) atoms. The molecule has 4 aromatic rings. The summed E-state index contributed by atoms with van der Waals surface area (Å²) in [5.41, 5.74) is 2.23. The van der Waals surface area contributed by atoms with E-state index >= 15 is 0 Å². The second-order valence-electron chi connectivity index (χ2n) is 7.21. The van der Waals surface area contributed by atoms with Crippen LogP contribution in [0.2, 0.25) is 0 Å². The first kappa shape index (κ1) is 19.5. The standard InChI is InChI=1S/C26H18N2O4/c29-25-21(27-23(31-25)19-7-3-1-4-8-19)15-17-11-13-18(14-12-17)16-22-26(30)32-24(28-22)20-9-5-2-6-10-20/h1-16,23,30H. The van der Waals surface area contributed by atoms with Gasteiger partial charge in [0, 0.05) is 11.1 Å². The molecule has 0 spiro atoms. The first-order chi connectivity index (χ1) is 15.7. The van der Waals surface area contributed by atoms with Crippen LogP contribution in [0.25, 0.3) is 23.6 Å². The van der Waals surface area contributed by atoms with Gasteiger partial charge < -0.3 is 14.3 Å². The van der Waals surface area contributed by atoms with Crippen LogP contribution < -0.4 is 10.4 Å². The Morgan fingerprint density at radius 3 is 2.12 bits per heavy atom. The van der Waals surface area contributed by atoms with Crippen LogP contribution in [0.1, 0.15) is 17.5 Å². The van der Waals surface area contributed by atoms with Crippen LogP contribution in [0.3, 0.4) is 0 Å². The van der Waals surface area contributed by atoms with Crippen LogP contribution in [-0.2, 0) is 9.53 Å². The minimum Gasteiger partial charge on any atom is -0.479 e. The number of carbonyl (C=O) groups excluding carboxylic acids is 1. The highest BCUT2D eigenvalue weighted by Gasteiger charge is 2.26. The highest BCUT2D eigenvalue weighted by atomic mass is 16.6. The monoisotopic (exact) mass is 422 g/mol. The van der Waals surface area contributed by atoms with Crippen molar-refractivity contribution in [2.45, 2.75) is 6.23 Å². The number of aliphatic imine (C=N–C) groups is 1. The number of cyclic esters (lactones) is 1. The molecule has 0 amide bonds. The minimum atomic E-state index is -0.614. The lowest BCUT2D eigenvalue weighted by Crippen LogP contribution is -2.13. The molecule has 0 radical (unpaired) electrons. The summed E-state index contributed by atoms with van der Waals surface area (Å²) in [4.78, 5) is 21.0. The van der Waals surface area contributed by atoms with Crippen molar-refractivity contribution in [3.05, 3.63) is 107 Å². The van der Waals surface area contributed by atoms with E-state index in [0.29, 0.717) is 11.6 Å². The molecule has 1 N–H and O–H groups in total. The van der Waals surface area contributed by atoms with E-state index in [-0.39, 0.29) is 11.7 Å². The number of aromatic nitrogens is 1. The third-order valence-electron chi connectivity index (χ3n) is 4.97. The highest BCUT2D eigenvalue weighted by Crippen LogP contribution is 2.26. The van der Waals surface area contributed by atoms with Gasteiger partial charge in [-0.3, -0.25) is 0 Å². The molecule has 0 fully saturated rings. The van der Waals surface area contributed by atoms with Crippen molar-refractivity contribution in [2.75, 3.05) is 0 Å². The summed E-state index contributed by atoms with van der Waals surface area (Å²) in [5, 5.41) is 11.7. The van der Waals surface area contributed by atoms with Crippen molar-refractivity contribution >= 4 is 23.8 Å². The van der Waals surface area contributed by atoms with Crippen LogP contribution in [-0.4, -0.2) is 21.8 Å². The van der Waals surface area contributed by atoms with E-state index < -0.39 is 12.2 Å². The Bertz CT molecular complexity index is 1400. The molecule has 6 nitrogen and oxygen atoms in total. The van der Waals surface area contributed by atoms with Crippen LogP contribution in [0.5, 0.6) is 5.95 Å². The molecule has 0 bridgehead atoms. The summed E-state index contributed by atoms with van der Waals surface area (Å²) in [5.74, 6) is -0.338. The Labute approximate surface area is 183 Å². The number of nitrogens with zero attached hydrogens (tertiary/aromatic N) is 2. The number of carbonyl (C=O) groups is 1. The Morgan fingerprint density at radius 1 is 0.812 bits per heavy atom. The first-order valence-corrected chi connectivity index (χ1v) is 10.0. The van der Waals surface area contributed by atoms with Gasteiger partial charge in [0.1, 0.15) is 11.4 Å². The van der Waals surface area contributed by atoms with Crippen LogP contribution in [0.4, 0.5) is 0 Å². The summed E-state index contributed by atoms with van der Waals surface area (Å²) >= 11 is 0. The predicted molar refractivity (Wildman–Crippen MR) is 120 cm³/mol. The van der Waals surface area contributed by atoms with Gasteiger partial charge in [-0.25, -0.2) is 14.8 Å². The molecule has 5 rings (SSSR count). The number of ether oxygens (including phenoxy) is 1. The topological polar surface area (TPSA) is 84.9 Å². The predicted octanol–water partition coefficient (Wildman–Crippen LogP) is 3.35. The number of esters is 1. The highest BCUT2D eigenvalue weighted by molar-refractivity contribution is 6.49. The zero-order chi connectivity index (χ0) is 21.9. The summed E-state index contributed by atoms with van der Waals surface area (Å²) in [6.45, 7) is 0. The van der Waals surface area contributed by atoms with E-state index in [0.717, 1.165) is 21.6 Å². The molecular weight excluding hydrogens is 404 g/mol. The van der Waals surface area contributed by atoms with E-state index in [1.54, 1.807) is 12.2 Å².